The van der Waals surface area contributed by atoms with E-state index in [4.69, 9.17) is 4.74 Å². The lowest BCUT2D eigenvalue weighted by Gasteiger charge is -2.19. The van der Waals surface area contributed by atoms with Crippen LogP contribution in [0.15, 0.2) is 42.5 Å². The van der Waals surface area contributed by atoms with Crippen LogP contribution in [0.25, 0.3) is 0 Å². The molecule has 2 rings (SSSR count). The highest BCUT2D eigenvalue weighted by Crippen LogP contribution is 2.23. The summed E-state index contributed by atoms with van der Waals surface area (Å²) in [6.45, 7) is 1.49. The van der Waals surface area contributed by atoms with Crippen LogP contribution < -0.4 is 20.3 Å². The first-order valence-corrected chi connectivity index (χ1v) is 9.51. The molecule has 2 amide bonds. The zero-order chi connectivity index (χ0) is 21.4. The number of methoxy groups -OCH3 is 1. The van der Waals surface area contributed by atoms with E-state index in [9.17, 15) is 9.59 Å². The number of nitrogens with one attached hydrogen (secondary N) is 2. The number of carbonyl (C=O) groups is 2. The molecular formula is C22H30N4O3. The maximum Gasteiger partial charge on any atom is 0.255 e. The molecule has 0 atom stereocenters. The predicted molar refractivity (Wildman–Crippen MR) is 117 cm³/mol. The minimum Gasteiger partial charge on any atom is -0.497 e. The lowest BCUT2D eigenvalue weighted by molar-refractivity contribution is 0.0951. The van der Waals surface area contributed by atoms with Crippen LogP contribution in [0, 0.1) is 0 Å². The van der Waals surface area contributed by atoms with E-state index < -0.39 is 0 Å². The van der Waals surface area contributed by atoms with Gasteiger partial charge in [-0.3, -0.25) is 9.59 Å². The highest BCUT2D eigenvalue weighted by atomic mass is 16.5. The summed E-state index contributed by atoms with van der Waals surface area (Å²) in [7, 11) is 9.35. The van der Waals surface area contributed by atoms with Crippen molar-refractivity contribution >= 4 is 23.2 Å². The van der Waals surface area contributed by atoms with Gasteiger partial charge in [0.05, 0.1) is 12.7 Å². The minimum absolute atomic E-state index is 0.159. The van der Waals surface area contributed by atoms with Crippen molar-refractivity contribution in [2.24, 2.45) is 0 Å². The number of anilines is 2. The molecule has 0 fully saturated rings. The number of hydrogen-bond donors (Lipinski definition) is 2. The van der Waals surface area contributed by atoms with Gasteiger partial charge in [0.25, 0.3) is 11.8 Å². The lowest BCUT2D eigenvalue weighted by atomic mass is 10.1. The molecule has 0 aliphatic rings. The molecule has 0 aliphatic carbocycles. The topological polar surface area (TPSA) is 73.9 Å². The minimum atomic E-state index is -0.248. The van der Waals surface area contributed by atoms with Gasteiger partial charge >= 0.3 is 0 Å². The van der Waals surface area contributed by atoms with Gasteiger partial charge in [-0.1, -0.05) is 0 Å². The Bertz CT molecular complexity index is 832. The quantitative estimate of drug-likeness (QED) is 0.636. The molecule has 7 nitrogen and oxygen atoms in total. The molecule has 0 spiro atoms. The van der Waals surface area contributed by atoms with E-state index in [-0.39, 0.29) is 11.8 Å². The fourth-order valence-electron chi connectivity index (χ4n) is 2.82. The van der Waals surface area contributed by atoms with Crippen LogP contribution >= 0.6 is 0 Å². The molecule has 0 aromatic heterocycles. The Morgan fingerprint density at radius 2 is 1.66 bits per heavy atom. The first-order chi connectivity index (χ1) is 13.8. The Labute approximate surface area is 172 Å². The number of carbonyl (C=O) groups excluding carboxylic acids is 2. The van der Waals surface area contributed by atoms with Crippen molar-refractivity contribution in [3.8, 4) is 5.75 Å². The zero-order valence-electron chi connectivity index (χ0n) is 17.8. The molecule has 29 heavy (non-hydrogen) atoms. The lowest BCUT2D eigenvalue weighted by Crippen LogP contribution is -2.28. The summed E-state index contributed by atoms with van der Waals surface area (Å²) in [6.07, 6.45) is 0.865. The highest BCUT2D eigenvalue weighted by molar-refractivity contribution is 6.06. The Balaban J connectivity index is 2.13. The second kappa shape index (κ2) is 10.5. The van der Waals surface area contributed by atoms with Gasteiger partial charge in [-0.2, -0.15) is 0 Å². The fourth-order valence-corrected chi connectivity index (χ4v) is 2.82. The van der Waals surface area contributed by atoms with Gasteiger partial charge in [0, 0.05) is 37.6 Å². The largest absolute Gasteiger partial charge is 0.497 e. The van der Waals surface area contributed by atoms with Crippen molar-refractivity contribution in [2.75, 3.05) is 58.6 Å². The van der Waals surface area contributed by atoms with Gasteiger partial charge < -0.3 is 25.2 Å². The van der Waals surface area contributed by atoms with Gasteiger partial charge in [-0.25, -0.2) is 0 Å². The Morgan fingerprint density at radius 1 is 0.966 bits per heavy atom. The molecule has 0 radical (unpaired) electrons. The van der Waals surface area contributed by atoms with Gasteiger partial charge in [-0.15, -0.1) is 0 Å². The third kappa shape index (κ3) is 6.50. The second-order valence-electron chi connectivity index (χ2n) is 7.22. The normalized spacial score (nSPS) is 10.6. The molecule has 2 aromatic rings. The van der Waals surface area contributed by atoms with Crippen LogP contribution in [-0.4, -0.2) is 65.1 Å². The fraction of sp³-hybridized carbons (Fsp3) is 0.364. The van der Waals surface area contributed by atoms with E-state index in [1.807, 2.05) is 39.2 Å². The second-order valence-corrected chi connectivity index (χ2v) is 7.22. The summed E-state index contributed by atoms with van der Waals surface area (Å²) in [4.78, 5) is 29.2. The van der Waals surface area contributed by atoms with Gasteiger partial charge in [0.1, 0.15) is 5.75 Å². The van der Waals surface area contributed by atoms with Gasteiger partial charge in [0.15, 0.2) is 0 Å². The molecule has 2 aromatic carbocycles. The Kier molecular flexibility index (Phi) is 8.03. The monoisotopic (exact) mass is 398 g/mol. The van der Waals surface area contributed by atoms with Crippen LogP contribution in [0.2, 0.25) is 0 Å². The first-order valence-electron chi connectivity index (χ1n) is 9.51. The molecule has 0 bridgehead atoms. The number of nitrogens with zero attached hydrogens (tertiary/aromatic N) is 2. The predicted octanol–water partition coefficient (Wildman–Crippen LogP) is 2.70. The van der Waals surface area contributed by atoms with Crippen LogP contribution in [0.1, 0.15) is 27.1 Å². The zero-order valence-corrected chi connectivity index (χ0v) is 17.8. The summed E-state index contributed by atoms with van der Waals surface area (Å²) < 4.78 is 5.11. The SMILES string of the molecule is COc1ccc(C(=O)Nc2ccc(N(C)C)c(C(=O)NCCCN(C)C)c2)cc1. The Morgan fingerprint density at radius 3 is 2.24 bits per heavy atom. The third-order valence-corrected chi connectivity index (χ3v) is 4.40. The van der Waals surface area contributed by atoms with Crippen molar-refractivity contribution in [1.29, 1.82) is 0 Å². The Hall–Kier alpha value is -3.06. The van der Waals surface area contributed by atoms with Crippen LogP contribution in [-0.2, 0) is 0 Å². The van der Waals surface area contributed by atoms with Crippen LogP contribution in [0.4, 0.5) is 11.4 Å². The van der Waals surface area contributed by atoms with E-state index >= 15 is 0 Å². The van der Waals surface area contributed by atoms with E-state index in [0.29, 0.717) is 29.1 Å². The van der Waals surface area contributed by atoms with Crippen molar-refractivity contribution in [3.05, 3.63) is 53.6 Å². The van der Waals surface area contributed by atoms with Gasteiger partial charge in [-0.05, 0) is 69.5 Å². The summed E-state index contributed by atoms with van der Waals surface area (Å²) in [5, 5.41) is 5.81. The molecular weight excluding hydrogens is 368 g/mol. The van der Waals surface area contributed by atoms with Crippen LogP contribution in [0.5, 0.6) is 5.75 Å². The molecule has 2 N–H and O–H groups in total. The molecule has 156 valence electrons. The molecule has 7 heteroatoms. The number of rotatable bonds is 9. The number of amides is 2. The first kappa shape index (κ1) is 22.2. The van der Waals surface area contributed by atoms with Crippen molar-refractivity contribution in [3.63, 3.8) is 0 Å². The van der Waals surface area contributed by atoms with E-state index in [1.165, 1.54) is 0 Å². The average Bonchev–Trinajstić information content (AvgIpc) is 2.70. The van der Waals surface area contributed by atoms with Crippen molar-refractivity contribution in [2.45, 2.75) is 6.42 Å². The molecule has 0 heterocycles. The smallest absolute Gasteiger partial charge is 0.255 e. The highest BCUT2D eigenvalue weighted by Gasteiger charge is 2.15. The van der Waals surface area contributed by atoms with Crippen molar-refractivity contribution in [1.82, 2.24) is 10.2 Å². The summed E-state index contributed by atoms with van der Waals surface area (Å²) in [5.74, 6) is 0.278. The number of ether oxygens (including phenoxy) is 1. The van der Waals surface area contributed by atoms with Crippen molar-refractivity contribution < 1.29 is 14.3 Å². The summed E-state index contributed by atoms with van der Waals surface area (Å²) in [6, 6.07) is 12.2. The maximum atomic E-state index is 12.7. The van der Waals surface area contributed by atoms with E-state index in [1.54, 1.807) is 43.5 Å². The number of hydrogen-bond acceptors (Lipinski definition) is 5. The molecule has 0 unspecified atom stereocenters. The maximum absolute atomic E-state index is 12.7. The van der Waals surface area contributed by atoms with E-state index in [0.717, 1.165) is 18.7 Å². The molecule has 0 saturated heterocycles. The molecule has 0 aliphatic heterocycles. The average molecular weight is 399 g/mol. The van der Waals surface area contributed by atoms with Crippen LogP contribution in [0.3, 0.4) is 0 Å². The standard InChI is InChI=1S/C22H30N4O3/c1-25(2)14-6-13-23-22(28)19-15-17(9-12-20(19)26(3)4)24-21(27)16-7-10-18(29-5)11-8-16/h7-12,15H,6,13-14H2,1-5H3,(H,23,28)(H,24,27). The number of benzene rings is 2. The molecule has 0 saturated carbocycles. The third-order valence-electron chi connectivity index (χ3n) is 4.40. The van der Waals surface area contributed by atoms with Gasteiger partial charge in [0.2, 0.25) is 0 Å². The van der Waals surface area contributed by atoms with E-state index in [2.05, 4.69) is 15.5 Å². The summed E-state index contributed by atoms with van der Waals surface area (Å²) in [5.41, 5.74) is 2.39. The summed E-state index contributed by atoms with van der Waals surface area (Å²) >= 11 is 0.